The van der Waals surface area contributed by atoms with Crippen molar-refractivity contribution in [3.8, 4) is 0 Å². The van der Waals surface area contributed by atoms with Crippen molar-refractivity contribution in [3.63, 3.8) is 0 Å². The van der Waals surface area contributed by atoms with Crippen molar-refractivity contribution in [1.29, 1.82) is 0 Å². The Morgan fingerprint density at radius 3 is 2.75 bits per heavy atom. The third kappa shape index (κ3) is 3.78. The van der Waals surface area contributed by atoms with E-state index in [2.05, 4.69) is 19.9 Å². The number of hydrogen-bond acceptors (Lipinski definition) is 2. The summed E-state index contributed by atoms with van der Waals surface area (Å²) >= 11 is 0. The standard InChI is InChI=1S/C29H41FO2/c1-28-16-14-26-24(11-9-21-18-23(31)13-15-29(21,26)2)25(28)12-10-20(28)6-4-8-27(32)19-5-3-7-22(30)17-19/h3,5,7,9,17,20,23-27,31-32H,4,6,8,10-16,18H2,1-2H3/t20-,23?,24?,25?,26?,27?,28?,29?/m0/s1. The lowest BCUT2D eigenvalue weighted by atomic mass is 9.47. The monoisotopic (exact) mass is 440 g/mol. The minimum absolute atomic E-state index is 0.127. The first-order valence-corrected chi connectivity index (χ1v) is 13.1. The average Bonchev–Trinajstić information content (AvgIpc) is 3.10. The SMILES string of the molecule is CC12CCC(O)CC1=CCC1C2CCC2(C)C1CC[C@@H]2CCCC(O)c1cccc(F)c1. The van der Waals surface area contributed by atoms with Gasteiger partial charge in [0.1, 0.15) is 5.82 Å². The van der Waals surface area contributed by atoms with Crippen LogP contribution in [-0.2, 0) is 0 Å². The molecule has 4 aliphatic carbocycles. The normalized spacial score (nSPS) is 41.9. The van der Waals surface area contributed by atoms with E-state index in [0.29, 0.717) is 16.4 Å². The van der Waals surface area contributed by atoms with Gasteiger partial charge in [0.2, 0.25) is 0 Å². The van der Waals surface area contributed by atoms with E-state index in [9.17, 15) is 14.6 Å². The van der Waals surface area contributed by atoms with Gasteiger partial charge in [0.15, 0.2) is 0 Å². The maximum absolute atomic E-state index is 13.5. The largest absolute Gasteiger partial charge is 0.393 e. The Balaban J connectivity index is 1.23. The van der Waals surface area contributed by atoms with Crippen LogP contribution < -0.4 is 0 Å². The molecule has 7 unspecified atom stereocenters. The van der Waals surface area contributed by atoms with E-state index in [0.717, 1.165) is 55.8 Å². The molecule has 0 saturated heterocycles. The van der Waals surface area contributed by atoms with Crippen molar-refractivity contribution in [2.75, 3.05) is 0 Å². The van der Waals surface area contributed by atoms with E-state index in [4.69, 9.17) is 0 Å². The number of rotatable bonds is 5. The van der Waals surface area contributed by atoms with Crippen LogP contribution in [-0.4, -0.2) is 16.3 Å². The van der Waals surface area contributed by atoms with Crippen LogP contribution in [0.1, 0.15) is 96.1 Å². The molecule has 1 aromatic carbocycles. The summed E-state index contributed by atoms with van der Waals surface area (Å²) in [5.41, 5.74) is 3.01. The van der Waals surface area contributed by atoms with Crippen molar-refractivity contribution < 1.29 is 14.6 Å². The smallest absolute Gasteiger partial charge is 0.123 e. The highest BCUT2D eigenvalue weighted by Crippen LogP contribution is 2.66. The summed E-state index contributed by atoms with van der Waals surface area (Å²) in [5.74, 6) is 2.90. The molecule has 0 aromatic heterocycles. The molecule has 0 amide bonds. The molecule has 0 bridgehead atoms. The van der Waals surface area contributed by atoms with Gasteiger partial charge in [-0.05, 0) is 116 Å². The first-order valence-electron chi connectivity index (χ1n) is 13.1. The Morgan fingerprint density at radius 1 is 1.09 bits per heavy atom. The van der Waals surface area contributed by atoms with Crippen molar-refractivity contribution in [3.05, 3.63) is 47.3 Å². The van der Waals surface area contributed by atoms with E-state index in [1.54, 1.807) is 11.6 Å². The zero-order valence-electron chi connectivity index (χ0n) is 19.9. The highest BCUT2D eigenvalue weighted by atomic mass is 19.1. The van der Waals surface area contributed by atoms with E-state index in [1.807, 2.05) is 6.07 Å². The van der Waals surface area contributed by atoms with Crippen LogP contribution in [0.25, 0.3) is 0 Å². The number of aliphatic hydroxyl groups excluding tert-OH is 2. The molecule has 8 atom stereocenters. The van der Waals surface area contributed by atoms with E-state index in [-0.39, 0.29) is 11.9 Å². The number of allylic oxidation sites excluding steroid dienone is 1. The molecule has 0 radical (unpaired) electrons. The van der Waals surface area contributed by atoms with Crippen LogP contribution >= 0.6 is 0 Å². The second-order valence-corrected chi connectivity index (χ2v) is 12.0. The second-order valence-electron chi connectivity index (χ2n) is 12.0. The Bertz CT molecular complexity index is 864. The van der Waals surface area contributed by atoms with E-state index < -0.39 is 6.10 Å². The highest BCUT2D eigenvalue weighted by molar-refractivity contribution is 5.25. The lowest BCUT2D eigenvalue weighted by Gasteiger charge is -2.58. The predicted octanol–water partition coefficient (Wildman–Crippen LogP) is 6.97. The molecule has 32 heavy (non-hydrogen) atoms. The summed E-state index contributed by atoms with van der Waals surface area (Å²) in [4.78, 5) is 0. The van der Waals surface area contributed by atoms with Crippen molar-refractivity contribution in [2.24, 2.45) is 34.5 Å². The molecule has 3 heteroatoms. The molecule has 3 saturated carbocycles. The van der Waals surface area contributed by atoms with E-state index >= 15 is 0 Å². The fourth-order valence-corrected chi connectivity index (χ4v) is 8.66. The molecule has 0 heterocycles. The predicted molar refractivity (Wildman–Crippen MR) is 126 cm³/mol. The van der Waals surface area contributed by atoms with Crippen LogP contribution in [0.3, 0.4) is 0 Å². The molecule has 1 aromatic rings. The number of hydrogen-bond donors (Lipinski definition) is 2. The summed E-state index contributed by atoms with van der Waals surface area (Å²) in [6.45, 7) is 5.07. The van der Waals surface area contributed by atoms with Gasteiger partial charge in [-0.3, -0.25) is 0 Å². The van der Waals surface area contributed by atoms with Gasteiger partial charge in [-0.2, -0.15) is 0 Å². The quantitative estimate of drug-likeness (QED) is 0.485. The average molecular weight is 441 g/mol. The van der Waals surface area contributed by atoms with Gasteiger partial charge in [0.05, 0.1) is 12.2 Å². The van der Waals surface area contributed by atoms with Gasteiger partial charge in [-0.15, -0.1) is 0 Å². The summed E-state index contributed by atoms with van der Waals surface area (Å²) in [6.07, 6.45) is 14.4. The molecular formula is C29H41FO2. The number of halogens is 1. The molecule has 176 valence electrons. The molecule has 0 aliphatic heterocycles. The molecule has 5 rings (SSSR count). The first-order chi connectivity index (χ1) is 15.3. The van der Waals surface area contributed by atoms with Crippen LogP contribution in [0.2, 0.25) is 0 Å². The summed E-state index contributed by atoms with van der Waals surface area (Å²) in [5, 5.41) is 20.8. The number of benzene rings is 1. The number of aliphatic hydroxyl groups is 2. The van der Waals surface area contributed by atoms with Crippen LogP contribution in [0, 0.1) is 40.3 Å². The van der Waals surface area contributed by atoms with E-state index in [1.165, 1.54) is 50.7 Å². The Kier molecular flexibility index (Phi) is 6.03. The van der Waals surface area contributed by atoms with Gasteiger partial charge in [-0.1, -0.05) is 44.1 Å². The fraction of sp³-hybridized carbons (Fsp3) is 0.724. The first kappa shape index (κ1) is 22.6. The lowest BCUT2D eigenvalue weighted by Crippen LogP contribution is -2.50. The highest BCUT2D eigenvalue weighted by Gasteiger charge is 2.58. The molecule has 3 fully saturated rings. The van der Waals surface area contributed by atoms with Gasteiger partial charge >= 0.3 is 0 Å². The van der Waals surface area contributed by atoms with Gasteiger partial charge in [-0.25, -0.2) is 4.39 Å². The zero-order valence-corrected chi connectivity index (χ0v) is 19.9. The van der Waals surface area contributed by atoms with Crippen molar-refractivity contribution >= 4 is 0 Å². The maximum Gasteiger partial charge on any atom is 0.123 e. The maximum atomic E-state index is 13.5. The summed E-state index contributed by atoms with van der Waals surface area (Å²) in [6, 6.07) is 6.42. The molecular weight excluding hydrogens is 399 g/mol. The zero-order chi connectivity index (χ0) is 22.5. The Hall–Kier alpha value is -1.19. The Morgan fingerprint density at radius 2 is 1.94 bits per heavy atom. The van der Waals surface area contributed by atoms with Crippen LogP contribution in [0.4, 0.5) is 4.39 Å². The van der Waals surface area contributed by atoms with Crippen LogP contribution in [0.5, 0.6) is 0 Å². The van der Waals surface area contributed by atoms with Gasteiger partial charge < -0.3 is 10.2 Å². The molecule has 2 nitrogen and oxygen atoms in total. The lowest BCUT2D eigenvalue weighted by molar-refractivity contribution is -0.0511. The van der Waals surface area contributed by atoms with Gasteiger partial charge in [0.25, 0.3) is 0 Å². The third-order valence-corrected chi connectivity index (χ3v) is 10.5. The van der Waals surface area contributed by atoms with Crippen molar-refractivity contribution in [2.45, 2.75) is 96.7 Å². The van der Waals surface area contributed by atoms with Gasteiger partial charge in [0, 0.05) is 0 Å². The fourth-order valence-electron chi connectivity index (χ4n) is 8.66. The third-order valence-electron chi connectivity index (χ3n) is 10.5. The molecule has 2 N–H and O–H groups in total. The summed E-state index contributed by atoms with van der Waals surface area (Å²) < 4.78 is 13.5. The minimum atomic E-state index is -0.560. The number of fused-ring (bicyclic) bond motifs is 5. The second kappa shape index (κ2) is 8.55. The molecule has 0 spiro atoms. The topological polar surface area (TPSA) is 40.5 Å². The summed E-state index contributed by atoms with van der Waals surface area (Å²) in [7, 11) is 0. The molecule has 4 aliphatic rings. The minimum Gasteiger partial charge on any atom is -0.393 e. The van der Waals surface area contributed by atoms with Crippen LogP contribution in [0.15, 0.2) is 35.9 Å². The Labute approximate surface area is 193 Å². The van der Waals surface area contributed by atoms with Crippen molar-refractivity contribution in [1.82, 2.24) is 0 Å².